The smallest absolute Gasteiger partial charge is 0.130 e. The van der Waals surface area contributed by atoms with Gasteiger partial charge in [-0.05, 0) is 55.2 Å². The molecule has 0 atom stereocenters. The SMILES string of the molecule is CCCC1CCC(c2ccc(C=C(O)c3ccccc3)c(F)c2)CC1. The van der Waals surface area contributed by atoms with Crippen LogP contribution >= 0.6 is 0 Å². The molecule has 0 amide bonds. The Labute approximate surface area is 150 Å². The lowest BCUT2D eigenvalue weighted by molar-refractivity contribution is 0.308. The quantitative estimate of drug-likeness (QED) is 0.461. The van der Waals surface area contributed by atoms with Crippen LogP contribution in [0.2, 0.25) is 0 Å². The van der Waals surface area contributed by atoms with Crippen LogP contribution in [0.25, 0.3) is 11.8 Å². The highest BCUT2D eigenvalue weighted by Crippen LogP contribution is 2.38. The van der Waals surface area contributed by atoms with Crippen molar-refractivity contribution < 1.29 is 9.50 Å². The number of rotatable bonds is 5. The number of halogens is 1. The van der Waals surface area contributed by atoms with Crippen molar-refractivity contribution in [1.82, 2.24) is 0 Å². The molecule has 1 nitrogen and oxygen atoms in total. The van der Waals surface area contributed by atoms with E-state index in [1.807, 2.05) is 36.4 Å². The molecule has 132 valence electrons. The fourth-order valence-corrected chi connectivity index (χ4v) is 3.95. The summed E-state index contributed by atoms with van der Waals surface area (Å²) < 4.78 is 14.5. The number of benzene rings is 2. The van der Waals surface area contributed by atoms with Gasteiger partial charge in [-0.2, -0.15) is 0 Å². The maximum atomic E-state index is 14.5. The number of hydrogen-bond donors (Lipinski definition) is 1. The van der Waals surface area contributed by atoms with Gasteiger partial charge in [0.05, 0.1) is 0 Å². The molecule has 0 aliphatic heterocycles. The van der Waals surface area contributed by atoms with E-state index in [2.05, 4.69) is 6.92 Å². The van der Waals surface area contributed by atoms with Gasteiger partial charge >= 0.3 is 0 Å². The first-order valence-corrected chi connectivity index (χ1v) is 9.43. The van der Waals surface area contributed by atoms with Crippen LogP contribution in [-0.4, -0.2) is 5.11 Å². The van der Waals surface area contributed by atoms with Crippen LogP contribution in [0.1, 0.15) is 68.1 Å². The first kappa shape index (κ1) is 17.7. The van der Waals surface area contributed by atoms with Crippen molar-refractivity contribution in [1.29, 1.82) is 0 Å². The first-order valence-electron chi connectivity index (χ1n) is 9.43. The van der Waals surface area contributed by atoms with Gasteiger partial charge < -0.3 is 5.11 Å². The predicted molar refractivity (Wildman–Crippen MR) is 103 cm³/mol. The second kappa shape index (κ2) is 8.33. The van der Waals surface area contributed by atoms with Gasteiger partial charge in [0.15, 0.2) is 0 Å². The molecule has 0 heterocycles. The lowest BCUT2D eigenvalue weighted by Gasteiger charge is -2.28. The fourth-order valence-electron chi connectivity index (χ4n) is 3.95. The molecule has 0 saturated heterocycles. The highest BCUT2D eigenvalue weighted by atomic mass is 19.1. The summed E-state index contributed by atoms with van der Waals surface area (Å²) in [6.45, 7) is 2.25. The molecule has 1 fully saturated rings. The molecule has 2 aromatic carbocycles. The van der Waals surface area contributed by atoms with Crippen molar-refractivity contribution in [3.63, 3.8) is 0 Å². The van der Waals surface area contributed by atoms with E-state index >= 15 is 0 Å². The minimum absolute atomic E-state index is 0.0901. The van der Waals surface area contributed by atoms with Crippen molar-refractivity contribution in [3.8, 4) is 0 Å². The lowest BCUT2D eigenvalue weighted by atomic mass is 9.77. The third-order valence-electron chi connectivity index (χ3n) is 5.40. The largest absolute Gasteiger partial charge is 0.507 e. The topological polar surface area (TPSA) is 20.2 Å². The van der Waals surface area contributed by atoms with E-state index < -0.39 is 0 Å². The summed E-state index contributed by atoms with van der Waals surface area (Å²) in [6, 6.07) is 14.7. The van der Waals surface area contributed by atoms with Crippen molar-refractivity contribution in [2.75, 3.05) is 0 Å². The average Bonchev–Trinajstić information content (AvgIpc) is 2.65. The number of aliphatic hydroxyl groups is 1. The molecule has 0 spiro atoms. The minimum Gasteiger partial charge on any atom is -0.507 e. The van der Waals surface area contributed by atoms with Crippen LogP contribution < -0.4 is 0 Å². The molecule has 0 radical (unpaired) electrons. The zero-order valence-electron chi connectivity index (χ0n) is 14.9. The molecule has 2 heteroatoms. The normalized spacial score (nSPS) is 21.3. The lowest BCUT2D eigenvalue weighted by Crippen LogP contribution is -2.13. The molecule has 0 bridgehead atoms. The number of hydrogen-bond acceptors (Lipinski definition) is 1. The van der Waals surface area contributed by atoms with E-state index in [4.69, 9.17) is 0 Å². The van der Waals surface area contributed by atoms with Gasteiger partial charge in [-0.3, -0.25) is 0 Å². The van der Waals surface area contributed by atoms with Crippen LogP contribution in [-0.2, 0) is 0 Å². The minimum atomic E-state index is -0.254. The third-order valence-corrected chi connectivity index (χ3v) is 5.40. The van der Waals surface area contributed by atoms with Crippen LogP contribution in [0.3, 0.4) is 0 Å². The zero-order chi connectivity index (χ0) is 17.6. The second-order valence-electron chi connectivity index (χ2n) is 7.18. The Morgan fingerprint density at radius 3 is 2.44 bits per heavy atom. The van der Waals surface area contributed by atoms with Gasteiger partial charge in [0.2, 0.25) is 0 Å². The Balaban J connectivity index is 1.71. The molecular formula is C23H27FO. The molecule has 25 heavy (non-hydrogen) atoms. The van der Waals surface area contributed by atoms with Gasteiger partial charge in [-0.25, -0.2) is 4.39 Å². The Morgan fingerprint density at radius 1 is 1.08 bits per heavy atom. The van der Waals surface area contributed by atoms with Crippen molar-refractivity contribution in [2.45, 2.75) is 51.4 Å². The molecule has 0 aromatic heterocycles. The Kier molecular flexibility index (Phi) is 5.91. The summed E-state index contributed by atoms with van der Waals surface area (Å²) in [7, 11) is 0. The molecule has 1 N–H and O–H groups in total. The van der Waals surface area contributed by atoms with Gasteiger partial charge in [-0.15, -0.1) is 0 Å². The molecule has 3 rings (SSSR count). The average molecular weight is 338 g/mol. The summed E-state index contributed by atoms with van der Waals surface area (Å²) in [4.78, 5) is 0. The van der Waals surface area contributed by atoms with Gasteiger partial charge in [-0.1, -0.05) is 62.2 Å². The van der Waals surface area contributed by atoms with Crippen LogP contribution in [0.15, 0.2) is 48.5 Å². The molecule has 0 unspecified atom stereocenters. The van der Waals surface area contributed by atoms with E-state index in [0.29, 0.717) is 17.0 Å². The van der Waals surface area contributed by atoms with Crippen molar-refractivity contribution >= 4 is 11.8 Å². The maximum absolute atomic E-state index is 14.5. The molecule has 1 aliphatic carbocycles. The Morgan fingerprint density at radius 2 is 1.80 bits per heavy atom. The van der Waals surface area contributed by atoms with E-state index in [-0.39, 0.29) is 11.6 Å². The highest BCUT2D eigenvalue weighted by Gasteiger charge is 2.22. The van der Waals surface area contributed by atoms with Crippen molar-refractivity contribution in [3.05, 3.63) is 71.0 Å². The van der Waals surface area contributed by atoms with E-state index in [1.54, 1.807) is 12.1 Å². The van der Waals surface area contributed by atoms with Crippen molar-refractivity contribution in [2.24, 2.45) is 5.92 Å². The van der Waals surface area contributed by atoms with E-state index in [1.165, 1.54) is 31.8 Å². The maximum Gasteiger partial charge on any atom is 0.130 e. The molecule has 2 aromatic rings. The molecule has 1 aliphatic rings. The van der Waals surface area contributed by atoms with Gasteiger partial charge in [0.1, 0.15) is 11.6 Å². The highest BCUT2D eigenvalue weighted by molar-refractivity contribution is 5.76. The van der Waals surface area contributed by atoms with Crippen LogP contribution in [0.5, 0.6) is 0 Å². The monoisotopic (exact) mass is 338 g/mol. The van der Waals surface area contributed by atoms with Gasteiger partial charge in [0, 0.05) is 11.1 Å². The number of aliphatic hydroxyl groups excluding tert-OH is 1. The van der Waals surface area contributed by atoms with E-state index in [9.17, 15) is 9.50 Å². The Hall–Kier alpha value is -2.09. The standard InChI is InChI=1S/C23H27FO/c1-2-6-17-9-11-18(12-10-17)20-13-14-21(22(24)15-20)16-23(25)19-7-4-3-5-8-19/h3-5,7-8,13-18,25H,2,6,9-12H2,1H3. The summed E-state index contributed by atoms with van der Waals surface area (Å²) in [5.41, 5.74) is 2.23. The zero-order valence-corrected chi connectivity index (χ0v) is 14.9. The van der Waals surface area contributed by atoms with Crippen LogP contribution in [0, 0.1) is 11.7 Å². The summed E-state index contributed by atoms with van der Waals surface area (Å²) in [5, 5.41) is 10.2. The van der Waals surface area contributed by atoms with Gasteiger partial charge in [0.25, 0.3) is 0 Å². The first-order chi connectivity index (χ1) is 12.2. The second-order valence-corrected chi connectivity index (χ2v) is 7.18. The summed E-state index contributed by atoms with van der Waals surface area (Å²) in [6.07, 6.45) is 8.93. The molecular weight excluding hydrogens is 311 g/mol. The van der Waals surface area contributed by atoms with Crippen LogP contribution in [0.4, 0.5) is 4.39 Å². The van der Waals surface area contributed by atoms with E-state index in [0.717, 1.165) is 24.3 Å². The Bertz CT molecular complexity index is 712. The fraction of sp³-hybridized carbons (Fsp3) is 0.391. The summed E-state index contributed by atoms with van der Waals surface area (Å²) in [5.74, 6) is 1.17. The molecule has 1 saturated carbocycles. The predicted octanol–water partition coefficient (Wildman–Crippen LogP) is 6.96. The third kappa shape index (κ3) is 4.50. The summed E-state index contributed by atoms with van der Waals surface area (Å²) >= 11 is 0.